The molecule has 1 aromatic carbocycles. The highest BCUT2D eigenvalue weighted by Crippen LogP contribution is 2.44. The van der Waals surface area contributed by atoms with Gasteiger partial charge in [-0.2, -0.15) is 11.3 Å². The van der Waals surface area contributed by atoms with E-state index < -0.39 is 6.10 Å². The van der Waals surface area contributed by atoms with Crippen molar-refractivity contribution in [3.05, 3.63) is 46.2 Å². The van der Waals surface area contributed by atoms with Gasteiger partial charge in [-0.3, -0.25) is 0 Å². The molecule has 1 aliphatic rings. The van der Waals surface area contributed by atoms with Crippen LogP contribution < -0.4 is 0 Å². The van der Waals surface area contributed by atoms with E-state index in [1.54, 1.807) is 11.3 Å². The summed E-state index contributed by atoms with van der Waals surface area (Å²) >= 11 is 1.65. The van der Waals surface area contributed by atoms with E-state index in [2.05, 4.69) is 11.4 Å². The summed E-state index contributed by atoms with van der Waals surface area (Å²) in [6, 6.07) is 8.04. The van der Waals surface area contributed by atoms with Crippen molar-refractivity contribution in [1.29, 1.82) is 0 Å². The summed E-state index contributed by atoms with van der Waals surface area (Å²) in [6.07, 6.45) is -0.405. The van der Waals surface area contributed by atoms with Crippen LogP contribution in [0.2, 0.25) is 0 Å². The van der Waals surface area contributed by atoms with Gasteiger partial charge in [-0.15, -0.1) is 0 Å². The molecule has 3 rings (SSSR count). The third-order valence-corrected chi connectivity index (χ3v) is 3.29. The number of thiophene rings is 1. The van der Waals surface area contributed by atoms with E-state index >= 15 is 0 Å². The molecule has 0 radical (unpaired) electrons. The van der Waals surface area contributed by atoms with Crippen LogP contribution in [0.25, 0.3) is 11.1 Å². The van der Waals surface area contributed by atoms with Crippen LogP contribution in [0.3, 0.4) is 0 Å². The first-order valence-electron chi connectivity index (χ1n) is 4.21. The molecule has 0 fully saturated rings. The zero-order valence-corrected chi connectivity index (χ0v) is 7.71. The summed E-state index contributed by atoms with van der Waals surface area (Å²) in [6.45, 7) is 0. The molecule has 2 heteroatoms. The zero-order valence-electron chi connectivity index (χ0n) is 6.90. The molecule has 2 aromatic rings. The van der Waals surface area contributed by atoms with Gasteiger partial charge in [0.2, 0.25) is 0 Å². The predicted molar refractivity (Wildman–Crippen MR) is 53.8 cm³/mol. The molecule has 0 spiro atoms. The number of fused-ring (bicyclic) bond motifs is 3. The number of hydrogen-bond donors (Lipinski definition) is 1. The van der Waals surface area contributed by atoms with Crippen molar-refractivity contribution in [2.45, 2.75) is 6.10 Å². The maximum absolute atomic E-state index is 9.93. The van der Waals surface area contributed by atoms with E-state index in [-0.39, 0.29) is 0 Å². The molecule has 0 saturated carbocycles. The first kappa shape index (κ1) is 7.30. The third kappa shape index (κ3) is 0.844. The fourth-order valence-corrected chi connectivity index (χ4v) is 2.76. The van der Waals surface area contributed by atoms with Crippen molar-refractivity contribution in [2.24, 2.45) is 0 Å². The van der Waals surface area contributed by atoms with Crippen LogP contribution in [0.15, 0.2) is 35.0 Å². The Morgan fingerprint density at radius 2 is 1.85 bits per heavy atom. The van der Waals surface area contributed by atoms with Crippen LogP contribution in [0.1, 0.15) is 17.2 Å². The van der Waals surface area contributed by atoms with E-state index in [0.717, 1.165) is 11.1 Å². The highest BCUT2D eigenvalue weighted by atomic mass is 32.1. The number of rotatable bonds is 0. The van der Waals surface area contributed by atoms with E-state index in [0.29, 0.717) is 0 Å². The summed E-state index contributed by atoms with van der Waals surface area (Å²) in [4.78, 5) is 0. The molecule has 1 N–H and O–H groups in total. The lowest BCUT2D eigenvalue weighted by atomic mass is 10.1. The molecule has 64 valence electrons. The summed E-state index contributed by atoms with van der Waals surface area (Å²) in [5.74, 6) is 0. The topological polar surface area (TPSA) is 20.2 Å². The van der Waals surface area contributed by atoms with Crippen molar-refractivity contribution in [3.63, 3.8) is 0 Å². The highest BCUT2D eigenvalue weighted by Gasteiger charge is 2.26. The van der Waals surface area contributed by atoms with Crippen LogP contribution in [0.5, 0.6) is 0 Å². The lowest BCUT2D eigenvalue weighted by Gasteiger charge is -2.02. The van der Waals surface area contributed by atoms with Gasteiger partial charge in [-0.1, -0.05) is 24.3 Å². The summed E-state index contributed by atoms with van der Waals surface area (Å²) < 4.78 is 0. The fraction of sp³-hybridized carbons (Fsp3) is 0.0909. The molecule has 1 heterocycles. The first-order chi connectivity index (χ1) is 6.38. The second kappa shape index (κ2) is 2.44. The normalized spacial score (nSPS) is 18.4. The molecule has 0 aliphatic heterocycles. The Morgan fingerprint density at radius 3 is 2.77 bits per heavy atom. The molecule has 1 aromatic heterocycles. The molecule has 0 bridgehead atoms. The molecule has 13 heavy (non-hydrogen) atoms. The van der Waals surface area contributed by atoms with Gasteiger partial charge in [0.1, 0.15) is 6.10 Å². The van der Waals surface area contributed by atoms with E-state index in [4.69, 9.17) is 0 Å². The van der Waals surface area contributed by atoms with Gasteiger partial charge in [0.25, 0.3) is 0 Å². The second-order valence-electron chi connectivity index (χ2n) is 3.23. The van der Waals surface area contributed by atoms with Crippen LogP contribution in [-0.4, -0.2) is 5.11 Å². The second-order valence-corrected chi connectivity index (χ2v) is 3.97. The summed E-state index contributed by atoms with van der Waals surface area (Å²) in [5, 5.41) is 14.1. The maximum Gasteiger partial charge on any atom is 0.106 e. The van der Waals surface area contributed by atoms with E-state index in [9.17, 15) is 5.11 Å². The molecular formula is C11H8OS. The van der Waals surface area contributed by atoms with Gasteiger partial charge in [0.15, 0.2) is 0 Å². The lowest BCUT2D eigenvalue weighted by Crippen LogP contribution is -1.91. The molecule has 1 aliphatic carbocycles. The number of aliphatic hydroxyl groups is 1. The SMILES string of the molecule is OC1c2ccccc2-c2cscc21. The molecule has 1 atom stereocenters. The monoisotopic (exact) mass is 188 g/mol. The average Bonchev–Trinajstić information content (AvgIpc) is 2.72. The molecule has 0 amide bonds. The standard InChI is InChI=1S/C11H8OS/c12-11-8-4-2-1-3-7(8)9-5-13-6-10(9)11/h1-6,11-12H. The lowest BCUT2D eigenvalue weighted by molar-refractivity contribution is 0.225. The number of aliphatic hydroxyl groups excluding tert-OH is 1. The van der Waals surface area contributed by atoms with Gasteiger partial charge in [0.05, 0.1) is 0 Å². The minimum atomic E-state index is -0.405. The summed E-state index contributed by atoms with van der Waals surface area (Å²) in [5.41, 5.74) is 4.49. The van der Waals surface area contributed by atoms with Crippen molar-refractivity contribution >= 4 is 11.3 Å². The minimum absolute atomic E-state index is 0.405. The Morgan fingerprint density at radius 1 is 1.00 bits per heavy atom. The third-order valence-electron chi connectivity index (χ3n) is 2.53. The molecule has 1 nitrogen and oxygen atoms in total. The number of benzene rings is 1. The molecule has 1 unspecified atom stereocenters. The Bertz CT molecular complexity index is 459. The predicted octanol–water partition coefficient (Wildman–Crippen LogP) is 2.81. The number of hydrogen-bond acceptors (Lipinski definition) is 2. The smallest absolute Gasteiger partial charge is 0.106 e. The van der Waals surface area contributed by atoms with Gasteiger partial charge >= 0.3 is 0 Å². The zero-order chi connectivity index (χ0) is 8.84. The van der Waals surface area contributed by atoms with Gasteiger partial charge in [0, 0.05) is 5.56 Å². The van der Waals surface area contributed by atoms with Crippen LogP contribution in [0.4, 0.5) is 0 Å². The Labute approximate surface area is 80.3 Å². The fourth-order valence-electron chi connectivity index (χ4n) is 1.89. The van der Waals surface area contributed by atoms with Crippen molar-refractivity contribution < 1.29 is 5.11 Å². The van der Waals surface area contributed by atoms with Crippen LogP contribution in [-0.2, 0) is 0 Å². The minimum Gasteiger partial charge on any atom is -0.384 e. The first-order valence-corrected chi connectivity index (χ1v) is 5.15. The Hall–Kier alpha value is -1.12. The quantitative estimate of drug-likeness (QED) is 0.674. The van der Waals surface area contributed by atoms with Crippen molar-refractivity contribution in [3.8, 4) is 11.1 Å². The largest absolute Gasteiger partial charge is 0.384 e. The van der Waals surface area contributed by atoms with Crippen molar-refractivity contribution in [1.82, 2.24) is 0 Å². The maximum atomic E-state index is 9.93. The Kier molecular flexibility index (Phi) is 1.37. The van der Waals surface area contributed by atoms with Gasteiger partial charge in [-0.25, -0.2) is 0 Å². The van der Waals surface area contributed by atoms with Gasteiger partial charge in [-0.05, 0) is 27.5 Å². The van der Waals surface area contributed by atoms with E-state index in [1.807, 2.05) is 23.6 Å². The average molecular weight is 188 g/mol. The van der Waals surface area contributed by atoms with Crippen molar-refractivity contribution in [2.75, 3.05) is 0 Å². The Balaban J connectivity index is 2.37. The van der Waals surface area contributed by atoms with Crippen LogP contribution >= 0.6 is 11.3 Å². The van der Waals surface area contributed by atoms with Gasteiger partial charge < -0.3 is 5.11 Å². The van der Waals surface area contributed by atoms with E-state index in [1.165, 1.54) is 11.1 Å². The molecular weight excluding hydrogens is 180 g/mol. The highest BCUT2D eigenvalue weighted by molar-refractivity contribution is 7.08. The molecule has 0 saturated heterocycles. The summed E-state index contributed by atoms with van der Waals surface area (Å²) in [7, 11) is 0. The van der Waals surface area contributed by atoms with Crippen LogP contribution in [0, 0.1) is 0 Å².